The van der Waals surface area contributed by atoms with Gasteiger partial charge in [-0.3, -0.25) is 13.9 Å². The van der Waals surface area contributed by atoms with Crippen LogP contribution in [0.3, 0.4) is 0 Å². The van der Waals surface area contributed by atoms with Crippen molar-refractivity contribution < 1.29 is 18.0 Å². The second-order valence-electron chi connectivity index (χ2n) is 10.6. The first-order valence-corrected chi connectivity index (χ1v) is 17.0. The van der Waals surface area contributed by atoms with Gasteiger partial charge >= 0.3 is 0 Å². The highest BCUT2D eigenvalue weighted by Crippen LogP contribution is 2.28. The number of rotatable bonds is 13. The summed E-state index contributed by atoms with van der Waals surface area (Å²) in [5.74, 6) is -0.962. The largest absolute Gasteiger partial charge is 0.352 e. The maximum absolute atomic E-state index is 14.5. The molecule has 4 rings (SSSR count). The first kappa shape index (κ1) is 34.3. The number of anilines is 1. The van der Waals surface area contributed by atoms with Gasteiger partial charge in [0.1, 0.15) is 12.6 Å². The molecule has 11 heteroatoms. The van der Waals surface area contributed by atoms with E-state index >= 15 is 0 Å². The molecule has 0 bridgehead atoms. The van der Waals surface area contributed by atoms with E-state index in [1.807, 2.05) is 44.2 Å². The van der Waals surface area contributed by atoms with Crippen molar-refractivity contribution in [1.82, 2.24) is 10.2 Å². The van der Waals surface area contributed by atoms with Crippen molar-refractivity contribution in [2.45, 2.75) is 50.2 Å². The molecule has 4 aromatic rings. The van der Waals surface area contributed by atoms with Gasteiger partial charge in [-0.2, -0.15) is 0 Å². The quantitative estimate of drug-likeness (QED) is 0.159. The van der Waals surface area contributed by atoms with E-state index in [4.69, 9.17) is 34.8 Å². The van der Waals surface area contributed by atoms with Gasteiger partial charge in [-0.1, -0.05) is 96.3 Å². The van der Waals surface area contributed by atoms with Crippen molar-refractivity contribution in [2.24, 2.45) is 0 Å². The summed E-state index contributed by atoms with van der Waals surface area (Å²) in [4.78, 5) is 29.7. The van der Waals surface area contributed by atoms with Gasteiger partial charge in [-0.05, 0) is 73.0 Å². The number of nitrogens with one attached hydrogen (secondary N) is 1. The van der Waals surface area contributed by atoms with E-state index in [9.17, 15) is 18.0 Å². The van der Waals surface area contributed by atoms with Crippen LogP contribution in [0, 0.1) is 0 Å². The summed E-state index contributed by atoms with van der Waals surface area (Å²) in [5, 5.41) is 4.08. The third kappa shape index (κ3) is 9.01. The number of halogens is 3. The molecule has 7 nitrogen and oxygen atoms in total. The standard InChI is InChI=1S/C34H34Cl3N3O4S/c1-3-24(2)38-34(42)32(20-25-10-5-4-6-11-25)39(22-26-12-7-8-15-31(26)37)33(41)23-40(29-14-9-13-28(36)21-29)45(43,44)30-18-16-27(35)17-19-30/h4-19,21,24,32H,3,20,22-23H2,1-2H3,(H,38,42)/t24-,32-/m0/s1. The van der Waals surface area contributed by atoms with Crippen LogP contribution in [0.25, 0.3) is 0 Å². The van der Waals surface area contributed by atoms with Gasteiger partial charge in [-0.25, -0.2) is 8.42 Å². The molecule has 2 amide bonds. The summed E-state index contributed by atoms with van der Waals surface area (Å²) in [6.45, 7) is 3.19. The Labute approximate surface area is 279 Å². The summed E-state index contributed by atoms with van der Waals surface area (Å²) in [6, 6.07) is 27.2. The van der Waals surface area contributed by atoms with Gasteiger partial charge in [0.05, 0.1) is 10.6 Å². The summed E-state index contributed by atoms with van der Waals surface area (Å²) in [6.07, 6.45) is 0.880. The molecule has 45 heavy (non-hydrogen) atoms. The van der Waals surface area contributed by atoms with E-state index in [1.165, 1.54) is 35.2 Å². The number of sulfonamides is 1. The average Bonchev–Trinajstić information content (AvgIpc) is 3.02. The van der Waals surface area contributed by atoms with Crippen LogP contribution in [0.1, 0.15) is 31.4 Å². The molecule has 0 aliphatic rings. The molecule has 4 aromatic carbocycles. The fourth-order valence-corrected chi connectivity index (χ4v) is 6.61. The lowest BCUT2D eigenvalue weighted by atomic mass is 10.0. The van der Waals surface area contributed by atoms with Crippen LogP contribution >= 0.6 is 34.8 Å². The Hall–Kier alpha value is -3.56. The van der Waals surface area contributed by atoms with E-state index in [1.54, 1.807) is 42.5 Å². The van der Waals surface area contributed by atoms with Crippen molar-refractivity contribution in [2.75, 3.05) is 10.8 Å². The predicted octanol–water partition coefficient (Wildman–Crippen LogP) is 7.40. The van der Waals surface area contributed by atoms with Gasteiger partial charge in [0.25, 0.3) is 10.0 Å². The molecule has 0 heterocycles. The monoisotopic (exact) mass is 685 g/mol. The minimum Gasteiger partial charge on any atom is -0.352 e. The van der Waals surface area contributed by atoms with Gasteiger partial charge in [-0.15, -0.1) is 0 Å². The highest BCUT2D eigenvalue weighted by molar-refractivity contribution is 7.92. The van der Waals surface area contributed by atoms with Gasteiger partial charge < -0.3 is 10.2 Å². The predicted molar refractivity (Wildman–Crippen MR) is 181 cm³/mol. The molecule has 0 radical (unpaired) electrons. The molecular formula is C34H34Cl3N3O4S. The number of carbonyl (C=O) groups excluding carboxylic acids is 2. The van der Waals surface area contributed by atoms with E-state index in [0.717, 1.165) is 9.87 Å². The Morgan fingerprint density at radius 1 is 0.822 bits per heavy atom. The van der Waals surface area contributed by atoms with E-state index in [-0.39, 0.29) is 35.5 Å². The molecule has 0 saturated heterocycles. The fraction of sp³-hybridized carbons (Fsp3) is 0.235. The molecular weight excluding hydrogens is 653 g/mol. The van der Waals surface area contributed by atoms with Gasteiger partial charge in [0.15, 0.2) is 0 Å². The van der Waals surface area contributed by atoms with Crippen LogP contribution < -0.4 is 9.62 Å². The van der Waals surface area contributed by atoms with Crippen molar-refractivity contribution in [3.05, 3.63) is 129 Å². The van der Waals surface area contributed by atoms with Gasteiger partial charge in [0.2, 0.25) is 11.8 Å². The SMILES string of the molecule is CC[C@H](C)NC(=O)[C@H](Cc1ccccc1)N(Cc1ccccc1Cl)C(=O)CN(c1cccc(Cl)c1)S(=O)(=O)c1ccc(Cl)cc1. The third-order valence-corrected chi connectivity index (χ3v) is 9.99. The number of hydrogen-bond donors (Lipinski definition) is 1. The smallest absolute Gasteiger partial charge is 0.264 e. The number of benzene rings is 4. The Kier molecular flexibility index (Phi) is 11.9. The van der Waals surface area contributed by atoms with Crippen LogP contribution in [-0.4, -0.2) is 43.8 Å². The minimum atomic E-state index is -4.28. The van der Waals surface area contributed by atoms with Crippen LogP contribution in [0.15, 0.2) is 108 Å². The Morgan fingerprint density at radius 3 is 2.13 bits per heavy atom. The van der Waals surface area contributed by atoms with E-state index in [0.29, 0.717) is 27.1 Å². The maximum atomic E-state index is 14.5. The molecule has 0 aliphatic carbocycles. The van der Waals surface area contributed by atoms with Crippen molar-refractivity contribution in [3.63, 3.8) is 0 Å². The van der Waals surface area contributed by atoms with E-state index < -0.39 is 28.5 Å². The molecule has 2 atom stereocenters. The second-order valence-corrected chi connectivity index (χ2v) is 13.7. The third-order valence-electron chi connectivity index (χ3n) is 7.35. The number of nitrogens with zero attached hydrogens (tertiary/aromatic N) is 2. The lowest BCUT2D eigenvalue weighted by Gasteiger charge is -2.34. The first-order chi connectivity index (χ1) is 21.5. The molecule has 1 N–H and O–H groups in total. The number of carbonyl (C=O) groups is 2. The zero-order chi connectivity index (χ0) is 32.6. The molecule has 0 spiro atoms. The minimum absolute atomic E-state index is 0.0334. The zero-order valence-corrected chi connectivity index (χ0v) is 28.0. The van der Waals surface area contributed by atoms with Crippen LogP contribution in [0.2, 0.25) is 15.1 Å². The zero-order valence-electron chi connectivity index (χ0n) is 24.9. The van der Waals surface area contributed by atoms with E-state index in [2.05, 4.69) is 5.32 Å². The topological polar surface area (TPSA) is 86.8 Å². The number of hydrogen-bond acceptors (Lipinski definition) is 4. The summed E-state index contributed by atoms with van der Waals surface area (Å²) in [5.41, 5.74) is 1.63. The highest BCUT2D eigenvalue weighted by atomic mass is 35.5. The molecule has 0 fully saturated rings. The molecule has 236 valence electrons. The Morgan fingerprint density at radius 2 is 1.49 bits per heavy atom. The fourth-order valence-electron chi connectivity index (χ4n) is 4.70. The lowest BCUT2D eigenvalue weighted by molar-refractivity contribution is -0.140. The molecule has 0 unspecified atom stereocenters. The summed E-state index contributed by atoms with van der Waals surface area (Å²) < 4.78 is 29.1. The first-order valence-electron chi connectivity index (χ1n) is 14.4. The lowest BCUT2D eigenvalue weighted by Crippen LogP contribution is -2.54. The second kappa shape index (κ2) is 15.6. The van der Waals surface area contributed by atoms with Crippen molar-refractivity contribution >= 4 is 62.3 Å². The van der Waals surface area contributed by atoms with Gasteiger partial charge in [0, 0.05) is 34.1 Å². The normalized spacial score (nSPS) is 12.6. The Bertz CT molecular complexity index is 1720. The molecule has 0 aliphatic heterocycles. The summed E-state index contributed by atoms with van der Waals surface area (Å²) >= 11 is 18.8. The summed E-state index contributed by atoms with van der Waals surface area (Å²) in [7, 11) is -4.28. The molecule has 0 saturated carbocycles. The average molecular weight is 687 g/mol. The Balaban J connectivity index is 1.82. The van der Waals surface area contributed by atoms with Crippen molar-refractivity contribution in [1.29, 1.82) is 0 Å². The van der Waals surface area contributed by atoms with Crippen LogP contribution in [-0.2, 0) is 32.6 Å². The van der Waals surface area contributed by atoms with Crippen LogP contribution in [0.4, 0.5) is 5.69 Å². The molecule has 0 aromatic heterocycles. The maximum Gasteiger partial charge on any atom is 0.264 e. The van der Waals surface area contributed by atoms with Crippen molar-refractivity contribution in [3.8, 4) is 0 Å². The highest BCUT2D eigenvalue weighted by Gasteiger charge is 2.35. The number of amides is 2. The van der Waals surface area contributed by atoms with Crippen LogP contribution in [0.5, 0.6) is 0 Å².